The monoisotopic (exact) mass is 432 g/mol. The Morgan fingerprint density at radius 3 is 2.71 bits per heavy atom. The Morgan fingerprint density at radius 2 is 2.00 bits per heavy atom. The summed E-state index contributed by atoms with van der Waals surface area (Å²) in [4.78, 5) is 11.6. The molecule has 2 aromatic rings. The molecule has 1 unspecified atom stereocenters. The molecule has 0 saturated heterocycles. The van der Waals surface area contributed by atoms with Gasteiger partial charge in [-0.3, -0.25) is 4.79 Å². The van der Waals surface area contributed by atoms with Gasteiger partial charge in [-0.2, -0.15) is 8.78 Å². The van der Waals surface area contributed by atoms with Crippen molar-refractivity contribution in [2.45, 2.75) is 56.7 Å². The van der Waals surface area contributed by atoms with E-state index in [1.807, 2.05) is 12.1 Å². The van der Waals surface area contributed by atoms with Crippen LogP contribution in [0.15, 0.2) is 36.4 Å². The van der Waals surface area contributed by atoms with Gasteiger partial charge in [0.2, 0.25) is 0 Å². The Kier molecular flexibility index (Phi) is 5.41. The topological polar surface area (TPSA) is 65.0 Å². The molecule has 31 heavy (non-hydrogen) atoms. The molecule has 1 aliphatic carbocycles. The first kappa shape index (κ1) is 21.6. The first-order chi connectivity index (χ1) is 14.6. The van der Waals surface area contributed by atoms with Gasteiger partial charge in [0.1, 0.15) is 23.2 Å². The zero-order chi connectivity index (χ0) is 22.4. The maximum Gasteiger partial charge on any atom is 0.306 e. The van der Waals surface area contributed by atoms with Crippen LogP contribution in [0.3, 0.4) is 0 Å². The lowest BCUT2D eigenvalue weighted by Gasteiger charge is -2.31. The SMILES string of the molecule is COC(=O)C[C@@H]1COc2cc(OC3CCc4c3cccc4C(F)(F)C(C)(C)O)ccc21. The molecular formula is C24H26F2O5. The van der Waals surface area contributed by atoms with Crippen LogP contribution in [0.4, 0.5) is 8.78 Å². The van der Waals surface area contributed by atoms with Crippen molar-refractivity contribution in [3.63, 3.8) is 0 Å². The van der Waals surface area contributed by atoms with Gasteiger partial charge in [-0.1, -0.05) is 24.3 Å². The summed E-state index contributed by atoms with van der Waals surface area (Å²) < 4.78 is 46.3. The number of fused-ring (bicyclic) bond motifs is 2. The minimum absolute atomic E-state index is 0.0599. The summed E-state index contributed by atoms with van der Waals surface area (Å²) in [7, 11) is 1.36. The van der Waals surface area contributed by atoms with Crippen molar-refractivity contribution < 1.29 is 32.9 Å². The first-order valence-electron chi connectivity index (χ1n) is 10.3. The molecule has 1 heterocycles. The molecule has 0 saturated carbocycles. The number of esters is 1. The number of hydrogen-bond acceptors (Lipinski definition) is 5. The number of carbonyl (C=O) groups is 1. The van der Waals surface area contributed by atoms with Gasteiger partial charge in [0, 0.05) is 23.1 Å². The zero-order valence-corrected chi connectivity index (χ0v) is 17.8. The third kappa shape index (κ3) is 3.87. The number of hydrogen-bond donors (Lipinski definition) is 1. The Morgan fingerprint density at radius 1 is 1.23 bits per heavy atom. The van der Waals surface area contributed by atoms with E-state index in [0.29, 0.717) is 42.1 Å². The Hall–Kier alpha value is -2.67. The van der Waals surface area contributed by atoms with E-state index in [1.54, 1.807) is 18.2 Å². The minimum atomic E-state index is -3.37. The van der Waals surface area contributed by atoms with Crippen molar-refractivity contribution in [1.29, 1.82) is 0 Å². The van der Waals surface area contributed by atoms with Crippen molar-refractivity contribution >= 4 is 5.97 Å². The fraction of sp³-hybridized carbons (Fsp3) is 0.458. The summed E-state index contributed by atoms with van der Waals surface area (Å²) in [6.45, 7) is 2.64. The molecule has 2 atom stereocenters. The van der Waals surface area contributed by atoms with Crippen LogP contribution >= 0.6 is 0 Å². The molecule has 7 heteroatoms. The van der Waals surface area contributed by atoms with E-state index in [-0.39, 0.29) is 30.0 Å². The number of rotatable bonds is 6. The third-order valence-corrected chi connectivity index (χ3v) is 6.11. The van der Waals surface area contributed by atoms with Crippen LogP contribution in [0.5, 0.6) is 11.5 Å². The van der Waals surface area contributed by atoms with Gasteiger partial charge in [0.25, 0.3) is 0 Å². The van der Waals surface area contributed by atoms with Crippen LogP contribution in [0.2, 0.25) is 0 Å². The molecular weight excluding hydrogens is 406 g/mol. The molecule has 0 spiro atoms. The van der Waals surface area contributed by atoms with Crippen LogP contribution in [-0.2, 0) is 21.9 Å². The van der Waals surface area contributed by atoms with Crippen LogP contribution < -0.4 is 9.47 Å². The molecule has 0 fully saturated rings. The summed E-state index contributed by atoms with van der Waals surface area (Å²) in [6.07, 6.45) is 0.900. The Labute approximate surface area is 179 Å². The Bertz CT molecular complexity index is 996. The second-order valence-corrected chi connectivity index (χ2v) is 8.64. The summed E-state index contributed by atoms with van der Waals surface area (Å²) in [5.74, 6) is -2.48. The van der Waals surface area contributed by atoms with E-state index in [1.165, 1.54) is 13.2 Å². The molecule has 166 valence electrons. The number of alkyl halides is 2. The minimum Gasteiger partial charge on any atom is -0.492 e. The quantitative estimate of drug-likeness (QED) is 0.673. The summed E-state index contributed by atoms with van der Waals surface area (Å²) in [5, 5.41) is 9.99. The van der Waals surface area contributed by atoms with E-state index < -0.39 is 11.5 Å². The molecule has 0 radical (unpaired) electrons. The second kappa shape index (κ2) is 7.79. The lowest BCUT2D eigenvalue weighted by Crippen LogP contribution is -2.40. The predicted molar refractivity (Wildman–Crippen MR) is 110 cm³/mol. The number of carbonyl (C=O) groups excluding carboxylic acids is 1. The molecule has 4 rings (SSSR count). The highest BCUT2D eigenvalue weighted by atomic mass is 19.3. The Balaban J connectivity index is 1.55. The van der Waals surface area contributed by atoms with E-state index in [2.05, 4.69) is 0 Å². The maximum absolute atomic E-state index is 14.8. The van der Waals surface area contributed by atoms with Crippen LogP contribution in [0.25, 0.3) is 0 Å². The van der Waals surface area contributed by atoms with Gasteiger partial charge < -0.3 is 19.3 Å². The molecule has 0 aromatic heterocycles. The molecule has 0 bridgehead atoms. The smallest absolute Gasteiger partial charge is 0.306 e. The maximum atomic E-state index is 14.8. The van der Waals surface area contributed by atoms with E-state index in [0.717, 1.165) is 19.4 Å². The molecule has 2 aromatic carbocycles. The number of halogens is 2. The summed E-state index contributed by atoms with van der Waals surface area (Å²) in [5.41, 5.74) is -0.135. The van der Waals surface area contributed by atoms with Gasteiger partial charge in [0.05, 0.1) is 20.1 Å². The summed E-state index contributed by atoms with van der Waals surface area (Å²) >= 11 is 0. The standard InChI is InChI=1S/C24H26F2O5/c1-23(2,28)24(25,26)19-6-4-5-18-17(19)9-10-20(18)31-15-7-8-16-14(11-22(27)29-3)13-30-21(16)12-15/h4-8,12,14,20,28H,9-11,13H2,1-3H3/t14-,20?/m1/s1. The van der Waals surface area contributed by atoms with Crippen LogP contribution in [-0.4, -0.2) is 30.4 Å². The third-order valence-electron chi connectivity index (χ3n) is 6.11. The van der Waals surface area contributed by atoms with Crippen molar-refractivity contribution in [2.75, 3.05) is 13.7 Å². The molecule has 0 amide bonds. The van der Waals surface area contributed by atoms with Crippen molar-refractivity contribution in [3.8, 4) is 11.5 Å². The normalized spacial score (nSPS) is 20.1. The molecule has 1 aliphatic heterocycles. The largest absolute Gasteiger partial charge is 0.492 e. The van der Waals surface area contributed by atoms with E-state index in [9.17, 15) is 18.7 Å². The highest BCUT2D eigenvalue weighted by Crippen LogP contribution is 2.46. The highest BCUT2D eigenvalue weighted by Gasteiger charge is 2.49. The number of methoxy groups -OCH3 is 1. The molecule has 5 nitrogen and oxygen atoms in total. The average Bonchev–Trinajstić information content (AvgIpc) is 3.31. The lowest BCUT2D eigenvalue weighted by molar-refractivity contribution is -0.169. The van der Waals surface area contributed by atoms with Gasteiger partial charge >= 0.3 is 11.9 Å². The first-order valence-corrected chi connectivity index (χ1v) is 10.3. The second-order valence-electron chi connectivity index (χ2n) is 8.64. The number of aliphatic hydroxyl groups is 1. The summed E-state index contributed by atoms with van der Waals surface area (Å²) in [6, 6.07) is 10.2. The molecule has 1 N–H and O–H groups in total. The van der Waals surface area contributed by atoms with E-state index >= 15 is 0 Å². The highest BCUT2D eigenvalue weighted by molar-refractivity contribution is 5.71. The molecule has 2 aliphatic rings. The fourth-order valence-electron chi connectivity index (χ4n) is 4.31. The number of ether oxygens (including phenoxy) is 3. The van der Waals surface area contributed by atoms with Gasteiger partial charge in [-0.15, -0.1) is 0 Å². The van der Waals surface area contributed by atoms with Gasteiger partial charge in [-0.05, 0) is 43.9 Å². The number of benzene rings is 2. The van der Waals surface area contributed by atoms with Crippen LogP contribution in [0.1, 0.15) is 61.0 Å². The van der Waals surface area contributed by atoms with Crippen LogP contribution in [0, 0.1) is 0 Å². The zero-order valence-electron chi connectivity index (χ0n) is 17.8. The van der Waals surface area contributed by atoms with Crippen molar-refractivity contribution in [1.82, 2.24) is 0 Å². The van der Waals surface area contributed by atoms with Crippen molar-refractivity contribution in [2.24, 2.45) is 0 Å². The fourth-order valence-corrected chi connectivity index (χ4v) is 4.31. The van der Waals surface area contributed by atoms with Gasteiger partial charge in [0.15, 0.2) is 0 Å². The van der Waals surface area contributed by atoms with Crippen molar-refractivity contribution in [3.05, 3.63) is 58.7 Å². The van der Waals surface area contributed by atoms with E-state index in [4.69, 9.17) is 14.2 Å². The average molecular weight is 432 g/mol. The lowest BCUT2D eigenvalue weighted by atomic mass is 9.89. The van der Waals surface area contributed by atoms with Gasteiger partial charge in [-0.25, -0.2) is 0 Å². The predicted octanol–water partition coefficient (Wildman–Crippen LogP) is 4.65.